The Labute approximate surface area is 137 Å². The fourth-order valence-corrected chi connectivity index (χ4v) is 3.99. The third-order valence-electron chi connectivity index (χ3n) is 3.90. The van der Waals surface area contributed by atoms with Crippen LogP contribution in [-0.4, -0.2) is 18.3 Å². The molecule has 0 aliphatic rings. The molecule has 3 rings (SSSR count). The van der Waals surface area contributed by atoms with Crippen molar-refractivity contribution in [1.82, 2.24) is 4.98 Å². The van der Waals surface area contributed by atoms with Crippen LogP contribution in [0.3, 0.4) is 0 Å². The number of hydrogen-bond acceptors (Lipinski definition) is 4. The predicted octanol–water partition coefficient (Wildman–Crippen LogP) is 5.00. The topological polar surface area (TPSA) is 52.3 Å². The van der Waals surface area contributed by atoms with Crippen molar-refractivity contribution in [1.29, 1.82) is 0 Å². The molecule has 4 nitrogen and oxygen atoms in total. The molecule has 1 heterocycles. The quantitative estimate of drug-likeness (QED) is 0.607. The lowest BCUT2D eigenvalue weighted by atomic mass is 10.1. The molecule has 7 heteroatoms. The molecule has 0 bridgehead atoms. The highest BCUT2D eigenvalue weighted by atomic mass is 31.2. The van der Waals surface area contributed by atoms with E-state index in [1.807, 2.05) is 0 Å². The summed E-state index contributed by atoms with van der Waals surface area (Å²) in [6.07, 6.45) is -2.27. The van der Waals surface area contributed by atoms with E-state index >= 15 is 0 Å². The molecule has 1 aromatic heterocycles. The summed E-state index contributed by atoms with van der Waals surface area (Å²) in [6.45, 7) is 1.78. The summed E-state index contributed by atoms with van der Waals surface area (Å²) in [5.74, 6) is 0.113. The van der Waals surface area contributed by atoms with Crippen molar-refractivity contribution in [3.63, 3.8) is 0 Å². The monoisotopic (exact) mass is 351 g/mol. The van der Waals surface area contributed by atoms with Crippen molar-refractivity contribution in [3.05, 3.63) is 48.0 Å². The summed E-state index contributed by atoms with van der Waals surface area (Å²) in [4.78, 5) is 4.27. The number of nitrogens with zero attached hydrogens (tertiary/aromatic N) is 1. The van der Waals surface area contributed by atoms with Gasteiger partial charge in [0.1, 0.15) is 5.52 Å². The zero-order valence-electron chi connectivity index (χ0n) is 13.2. The fraction of sp³-hybridized carbons (Fsp3) is 0.235. The van der Waals surface area contributed by atoms with E-state index in [1.165, 1.54) is 13.2 Å². The molecule has 0 radical (unpaired) electrons. The number of alkyl halides is 2. The van der Waals surface area contributed by atoms with Crippen molar-refractivity contribution in [2.75, 3.05) is 13.3 Å². The second-order valence-corrected chi connectivity index (χ2v) is 8.09. The first-order chi connectivity index (χ1) is 11.5. The van der Waals surface area contributed by atoms with Crippen LogP contribution in [0.1, 0.15) is 18.9 Å². The van der Waals surface area contributed by atoms with Gasteiger partial charge in [-0.25, -0.2) is 13.8 Å². The molecule has 3 aromatic rings. The minimum Gasteiger partial charge on any atom is -0.436 e. The molecule has 1 unspecified atom stereocenters. The van der Waals surface area contributed by atoms with Crippen molar-refractivity contribution in [2.24, 2.45) is 0 Å². The average Bonchev–Trinajstić information content (AvgIpc) is 3.04. The molecule has 0 N–H and O–H groups in total. The molecule has 0 saturated heterocycles. The summed E-state index contributed by atoms with van der Waals surface area (Å²) in [7, 11) is -1.53. The van der Waals surface area contributed by atoms with Crippen LogP contribution in [0.25, 0.3) is 22.6 Å². The molecule has 0 saturated carbocycles. The lowest BCUT2D eigenvalue weighted by Gasteiger charge is -2.13. The zero-order chi connectivity index (χ0) is 17.3. The lowest BCUT2D eigenvalue weighted by molar-refractivity contribution is 0.152. The Morgan fingerprint density at radius 1 is 1.25 bits per heavy atom. The van der Waals surface area contributed by atoms with Gasteiger partial charge in [-0.05, 0) is 24.3 Å². The molecule has 2 aromatic carbocycles. The number of hydrogen-bond donors (Lipinski definition) is 0. The van der Waals surface area contributed by atoms with Gasteiger partial charge in [0.15, 0.2) is 5.58 Å². The van der Waals surface area contributed by atoms with Crippen LogP contribution in [0.4, 0.5) is 8.78 Å². The standard InChI is InChI=1S/C17H16F2NO3P/c1-3-24(21,22-2)11-8-9-14-15(10-11)23-17(20-14)13-7-5-4-6-12(13)16(18)19/h4-10,16H,3H2,1-2H3. The van der Waals surface area contributed by atoms with Gasteiger partial charge in [-0.2, -0.15) is 0 Å². The number of rotatable bonds is 5. The van der Waals surface area contributed by atoms with Crippen molar-refractivity contribution in [3.8, 4) is 11.5 Å². The molecule has 126 valence electrons. The van der Waals surface area contributed by atoms with E-state index in [4.69, 9.17) is 8.94 Å². The van der Waals surface area contributed by atoms with E-state index in [-0.39, 0.29) is 17.0 Å². The second-order valence-electron chi connectivity index (χ2n) is 5.23. The van der Waals surface area contributed by atoms with Crippen molar-refractivity contribution in [2.45, 2.75) is 13.3 Å². The van der Waals surface area contributed by atoms with Gasteiger partial charge in [0, 0.05) is 29.7 Å². The zero-order valence-corrected chi connectivity index (χ0v) is 14.1. The molecule has 0 amide bonds. The van der Waals surface area contributed by atoms with E-state index in [1.54, 1.807) is 43.3 Å². The summed E-state index contributed by atoms with van der Waals surface area (Å²) in [5, 5.41) is 0.518. The summed E-state index contributed by atoms with van der Waals surface area (Å²) < 4.78 is 49.8. The Morgan fingerprint density at radius 2 is 2.00 bits per heavy atom. The van der Waals surface area contributed by atoms with Crippen LogP contribution in [0, 0.1) is 0 Å². The third-order valence-corrected chi connectivity index (χ3v) is 6.39. The van der Waals surface area contributed by atoms with Gasteiger partial charge in [0.25, 0.3) is 6.43 Å². The average molecular weight is 351 g/mol. The Kier molecular flexibility index (Phi) is 4.52. The first kappa shape index (κ1) is 16.8. The highest BCUT2D eigenvalue weighted by molar-refractivity contribution is 7.66. The first-order valence-electron chi connectivity index (χ1n) is 7.42. The molecule has 24 heavy (non-hydrogen) atoms. The molecule has 0 aliphatic carbocycles. The van der Waals surface area contributed by atoms with E-state index in [9.17, 15) is 13.3 Å². The molecule has 1 atom stereocenters. The van der Waals surface area contributed by atoms with Crippen LogP contribution >= 0.6 is 7.37 Å². The van der Waals surface area contributed by atoms with Gasteiger partial charge in [-0.1, -0.05) is 25.1 Å². The maximum absolute atomic E-state index is 13.2. The van der Waals surface area contributed by atoms with E-state index in [2.05, 4.69) is 4.98 Å². The number of benzene rings is 2. The van der Waals surface area contributed by atoms with Crippen LogP contribution < -0.4 is 5.30 Å². The maximum Gasteiger partial charge on any atom is 0.264 e. The van der Waals surface area contributed by atoms with Gasteiger partial charge >= 0.3 is 0 Å². The SMILES string of the molecule is CCP(=O)(OC)c1ccc2nc(-c3ccccc3C(F)F)oc2c1. The number of oxazole rings is 1. The molecular formula is C17H16F2NO3P. The first-order valence-corrected chi connectivity index (χ1v) is 9.23. The lowest BCUT2D eigenvalue weighted by Crippen LogP contribution is -2.07. The van der Waals surface area contributed by atoms with E-state index < -0.39 is 13.8 Å². The van der Waals surface area contributed by atoms with Crippen LogP contribution in [0.15, 0.2) is 46.9 Å². The molecule has 0 spiro atoms. The minimum atomic E-state index is -2.93. The van der Waals surface area contributed by atoms with Crippen molar-refractivity contribution < 1.29 is 22.3 Å². The van der Waals surface area contributed by atoms with Crippen LogP contribution in [0.5, 0.6) is 0 Å². The smallest absolute Gasteiger partial charge is 0.264 e. The van der Waals surface area contributed by atoms with E-state index in [0.29, 0.717) is 22.6 Å². The van der Waals surface area contributed by atoms with Crippen LogP contribution in [0.2, 0.25) is 0 Å². The number of aromatic nitrogens is 1. The predicted molar refractivity (Wildman–Crippen MR) is 89.2 cm³/mol. The van der Waals surface area contributed by atoms with E-state index in [0.717, 1.165) is 0 Å². The Balaban J connectivity index is 2.12. The molecular weight excluding hydrogens is 335 g/mol. The van der Waals surface area contributed by atoms with Gasteiger partial charge in [0.05, 0.1) is 0 Å². The number of halogens is 2. The summed E-state index contributed by atoms with van der Waals surface area (Å²) >= 11 is 0. The largest absolute Gasteiger partial charge is 0.436 e. The Morgan fingerprint density at radius 3 is 2.67 bits per heavy atom. The summed E-state index contributed by atoms with van der Waals surface area (Å²) in [5.41, 5.74) is 1.00. The second kappa shape index (κ2) is 6.46. The van der Waals surface area contributed by atoms with Gasteiger partial charge < -0.3 is 8.94 Å². The fourth-order valence-electron chi connectivity index (χ4n) is 2.54. The highest BCUT2D eigenvalue weighted by Crippen LogP contribution is 2.44. The molecule has 0 aliphatic heterocycles. The maximum atomic E-state index is 13.2. The highest BCUT2D eigenvalue weighted by Gasteiger charge is 2.24. The third kappa shape index (κ3) is 2.87. The number of fused-ring (bicyclic) bond motifs is 1. The van der Waals surface area contributed by atoms with Crippen molar-refractivity contribution >= 4 is 23.8 Å². The molecule has 0 fully saturated rings. The Bertz CT molecular complexity index is 915. The minimum absolute atomic E-state index is 0.113. The van der Waals surface area contributed by atoms with Gasteiger partial charge in [0.2, 0.25) is 13.3 Å². The normalized spacial score (nSPS) is 14.2. The Hall–Kier alpha value is -2.04. The van der Waals surface area contributed by atoms with Gasteiger partial charge in [-0.15, -0.1) is 0 Å². The van der Waals surface area contributed by atoms with Gasteiger partial charge in [-0.3, -0.25) is 4.57 Å². The van der Waals surface area contributed by atoms with Crippen LogP contribution in [-0.2, 0) is 9.09 Å². The summed E-state index contributed by atoms with van der Waals surface area (Å²) in [6, 6.07) is 11.0.